The van der Waals surface area contributed by atoms with Gasteiger partial charge < -0.3 is 25.8 Å². The van der Waals surface area contributed by atoms with E-state index in [1.165, 1.54) is 43.1 Å². The molecule has 5 aromatic rings. The van der Waals surface area contributed by atoms with Gasteiger partial charge in [-0.05, 0) is 66.2 Å². The van der Waals surface area contributed by atoms with Crippen LogP contribution in [0.4, 0.5) is 11.4 Å². The van der Waals surface area contributed by atoms with Crippen molar-refractivity contribution >= 4 is 64.5 Å². The number of carbonyl (C=O) groups is 4. The predicted octanol–water partition coefficient (Wildman–Crippen LogP) is 7.93. The van der Waals surface area contributed by atoms with Crippen LogP contribution in [0, 0.1) is 0 Å². The molecule has 11 heteroatoms. The molecule has 0 saturated carbocycles. The number of anilines is 2. The van der Waals surface area contributed by atoms with Crippen molar-refractivity contribution in [3.8, 4) is 5.75 Å². The van der Waals surface area contributed by atoms with Gasteiger partial charge in [0.2, 0.25) is 5.91 Å². The Labute approximate surface area is 292 Å². The number of amides is 3. The molecule has 0 fully saturated rings. The van der Waals surface area contributed by atoms with E-state index in [2.05, 4.69) is 16.0 Å². The standard InChI is InChI=1S/C38H30ClN3O6S/c1-48-33-18-9-8-15-26(33)21-32(42-35(43)25-13-6-3-7-14-25)36(44)40-28-16-10-17-29(23-28)49-34(24-11-4-2-5-12-24)37(45)41-31-22-27(38(46)47)19-20-30(31)39/h2-23,34H,1H3,(H,40,44)(H,41,45)(H,42,43)(H,46,47)/b32-21+. The number of nitrogens with one attached hydrogen (secondary N) is 3. The van der Waals surface area contributed by atoms with Gasteiger partial charge in [-0.2, -0.15) is 0 Å². The SMILES string of the molecule is COc1ccccc1/C=C(/NC(=O)c1ccccc1)C(=O)Nc1cccc(SC(C(=O)Nc2cc(C(=O)O)ccc2Cl)c2ccccc2)c1. The fourth-order valence-corrected chi connectivity index (χ4v) is 5.97. The van der Waals surface area contributed by atoms with Gasteiger partial charge in [0.05, 0.1) is 23.4 Å². The molecule has 0 aliphatic rings. The number of carbonyl (C=O) groups excluding carboxylic acids is 3. The Bertz CT molecular complexity index is 2020. The summed E-state index contributed by atoms with van der Waals surface area (Å²) in [6.07, 6.45) is 1.54. The summed E-state index contributed by atoms with van der Waals surface area (Å²) in [5.74, 6) is -2.11. The average molecular weight is 692 g/mol. The maximum atomic E-state index is 13.7. The van der Waals surface area contributed by atoms with Crippen LogP contribution in [-0.2, 0) is 9.59 Å². The minimum Gasteiger partial charge on any atom is -0.496 e. The van der Waals surface area contributed by atoms with E-state index >= 15 is 0 Å². The third kappa shape index (κ3) is 9.16. The number of hydrogen-bond donors (Lipinski definition) is 4. The zero-order valence-corrected chi connectivity index (χ0v) is 27.6. The average Bonchev–Trinajstić information content (AvgIpc) is 3.12. The van der Waals surface area contributed by atoms with Crippen LogP contribution in [0.5, 0.6) is 5.75 Å². The molecule has 5 rings (SSSR count). The monoisotopic (exact) mass is 691 g/mol. The molecule has 0 aliphatic heterocycles. The number of benzene rings is 5. The predicted molar refractivity (Wildman–Crippen MR) is 192 cm³/mol. The zero-order valence-electron chi connectivity index (χ0n) is 26.1. The van der Waals surface area contributed by atoms with E-state index in [1.54, 1.807) is 78.9 Å². The Morgan fingerprint density at radius 3 is 2.18 bits per heavy atom. The zero-order chi connectivity index (χ0) is 34.8. The van der Waals surface area contributed by atoms with E-state index < -0.39 is 28.9 Å². The summed E-state index contributed by atoms with van der Waals surface area (Å²) in [5, 5.41) is 17.2. The molecule has 0 bridgehead atoms. The number of hydrogen-bond acceptors (Lipinski definition) is 6. The molecular weight excluding hydrogens is 662 g/mol. The molecular formula is C38H30ClN3O6S. The largest absolute Gasteiger partial charge is 0.496 e. The van der Waals surface area contributed by atoms with E-state index in [1.807, 2.05) is 30.3 Å². The van der Waals surface area contributed by atoms with E-state index in [-0.39, 0.29) is 22.0 Å². The van der Waals surface area contributed by atoms with Crippen molar-refractivity contribution in [1.29, 1.82) is 0 Å². The van der Waals surface area contributed by atoms with Gasteiger partial charge in [-0.3, -0.25) is 14.4 Å². The lowest BCUT2D eigenvalue weighted by Gasteiger charge is -2.18. The smallest absolute Gasteiger partial charge is 0.335 e. The normalized spacial score (nSPS) is 11.6. The second kappa shape index (κ2) is 16.3. The molecule has 246 valence electrons. The summed E-state index contributed by atoms with van der Waals surface area (Å²) in [5.41, 5.74) is 2.19. The summed E-state index contributed by atoms with van der Waals surface area (Å²) in [7, 11) is 1.52. The Balaban J connectivity index is 1.40. The fraction of sp³-hybridized carbons (Fsp3) is 0.0526. The van der Waals surface area contributed by atoms with E-state index in [9.17, 15) is 24.3 Å². The van der Waals surface area contributed by atoms with Gasteiger partial charge in [-0.15, -0.1) is 11.8 Å². The minimum atomic E-state index is -1.15. The molecule has 1 atom stereocenters. The molecule has 0 heterocycles. The number of rotatable bonds is 12. The van der Waals surface area contributed by atoms with Crippen LogP contribution in [0.25, 0.3) is 6.08 Å². The van der Waals surface area contributed by atoms with Crippen molar-refractivity contribution in [3.63, 3.8) is 0 Å². The molecule has 49 heavy (non-hydrogen) atoms. The summed E-state index contributed by atoms with van der Waals surface area (Å²) >= 11 is 7.52. The van der Waals surface area contributed by atoms with Gasteiger partial charge in [0, 0.05) is 21.7 Å². The van der Waals surface area contributed by atoms with Gasteiger partial charge in [0.25, 0.3) is 11.8 Å². The van der Waals surface area contributed by atoms with Crippen molar-refractivity contribution < 1.29 is 29.0 Å². The molecule has 0 radical (unpaired) electrons. The van der Waals surface area contributed by atoms with Crippen LogP contribution in [0.1, 0.15) is 37.1 Å². The summed E-state index contributed by atoms with van der Waals surface area (Å²) < 4.78 is 5.44. The lowest BCUT2D eigenvalue weighted by Crippen LogP contribution is -2.30. The van der Waals surface area contributed by atoms with Crippen LogP contribution in [0.3, 0.4) is 0 Å². The van der Waals surface area contributed by atoms with Crippen LogP contribution >= 0.6 is 23.4 Å². The van der Waals surface area contributed by atoms with Crippen molar-refractivity contribution in [2.75, 3.05) is 17.7 Å². The highest BCUT2D eigenvalue weighted by Gasteiger charge is 2.24. The second-order valence-corrected chi connectivity index (χ2v) is 12.1. The molecule has 4 N–H and O–H groups in total. The Kier molecular flexibility index (Phi) is 11.5. The quantitative estimate of drug-likeness (QED) is 0.0771. The Hall–Kier alpha value is -5.84. The molecule has 0 saturated heterocycles. The lowest BCUT2D eigenvalue weighted by atomic mass is 10.1. The summed E-state index contributed by atoms with van der Waals surface area (Å²) in [4.78, 5) is 52.6. The topological polar surface area (TPSA) is 134 Å². The maximum Gasteiger partial charge on any atom is 0.335 e. The van der Waals surface area contributed by atoms with Crippen LogP contribution in [-0.4, -0.2) is 35.9 Å². The number of methoxy groups -OCH3 is 1. The summed E-state index contributed by atoms with van der Waals surface area (Å²) in [6.45, 7) is 0. The number of aromatic carboxylic acids is 1. The van der Waals surface area contributed by atoms with Crippen LogP contribution in [0.2, 0.25) is 5.02 Å². The molecule has 0 spiro atoms. The first kappa shape index (κ1) is 34.5. The van der Waals surface area contributed by atoms with Gasteiger partial charge in [-0.25, -0.2) is 4.79 Å². The molecule has 3 amide bonds. The fourth-order valence-electron chi connectivity index (χ4n) is 4.72. The van der Waals surface area contributed by atoms with Crippen molar-refractivity contribution in [2.24, 2.45) is 0 Å². The van der Waals surface area contributed by atoms with Gasteiger partial charge >= 0.3 is 5.97 Å². The molecule has 0 aromatic heterocycles. The van der Waals surface area contributed by atoms with Crippen LogP contribution < -0.4 is 20.7 Å². The highest BCUT2D eigenvalue weighted by Crippen LogP contribution is 2.38. The van der Waals surface area contributed by atoms with Gasteiger partial charge in [0.15, 0.2) is 0 Å². The molecule has 0 aliphatic carbocycles. The van der Waals surface area contributed by atoms with Crippen molar-refractivity contribution in [1.82, 2.24) is 5.32 Å². The number of carboxylic acids is 1. The van der Waals surface area contributed by atoms with Crippen LogP contribution in [0.15, 0.2) is 138 Å². The van der Waals surface area contributed by atoms with Gasteiger partial charge in [0.1, 0.15) is 16.7 Å². The second-order valence-electron chi connectivity index (χ2n) is 10.5. The third-order valence-electron chi connectivity index (χ3n) is 7.13. The molecule has 5 aromatic carbocycles. The number of thioether (sulfide) groups is 1. The highest BCUT2D eigenvalue weighted by molar-refractivity contribution is 8.00. The number of halogens is 1. The minimum absolute atomic E-state index is 0.0154. The first-order valence-electron chi connectivity index (χ1n) is 14.9. The Morgan fingerprint density at radius 2 is 1.47 bits per heavy atom. The number of para-hydroxylation sites is 1. The van der Waals surface area contributed by atoms with Crippen molar-refractivity contribution in [2.45, 2.75) is 10.1 Å². The first-order chi connectivity index (χ1) is 23.7. The van der Waals surface area contributed by atoms with E-state index in [0.29, 0.717) is 33.0 Å². The maximum absolute atomic E-state index is 13.7. The summed E-state index contributed by atoms with van der Waals surface area (Å²) in [6, 6.07) is 35.7. The van der Waals surface area contributed by atoms with Gasteiger partial charge in [-0.1, -0.05) is 84.4 Å². The van der Waals surface area contributed by atoms with E-state index in [0.717, 1.165) is 0 Å². The number of ether oxygens (including phenoxy) is 1. The molecule has 1 unspecified atom stereocenters. The molecule has 9 nitrogen and oxygen atoms in total. The third-order valence-corrected chi connectivity index (χ3v) is 8.70. The highest BCUT2D eigenvalue weighted by atomic mass is 35.5. The van der Waals surface area contributed by atoms with E-state index in [4.69, 9.17) is 16.3 Å². The number of carboxylic acid groups (broad SMARTS) is 1. The Morgan fingerprint density at radius 1 is 0.776 bits per heavy atom. The first-order valence-corrected chi connectivity index (χ1v) is 16.2. The lowest BCUT2D eigenvalue weighted by molar-refractivity contribution is -0.116. The van der Waals surface area contributed by atoms with Crippen molar-refractivity contribution in [3.05, 3.63) is 160 Å².